The van der Waals surface area contributed by atoms with Crippen molar-refractivity contribution in [1.29, 1.82) is 0 Å². The number of hydrogen-bond donors (Lipinski definition) is 1. The monoisotopic (exact) mass is 130 g/mol. The fourth-order valence-corrected chi connectivity index (χ4v) is 0.320. The lowest BCUT2D eigenvalue weighted by Gasteiger charge is -1.97. The standard InChI is InChI=1S/C5H8NO3/c1-5(8)6-2-3-9-4-7/h2-3H2,1H3,(H,6,8). The maximum absolute atomic E-state index is 10.1. The van der Waals surface area contributed by atoms with Crippen molar-refractivity contribution < 1.29 is 14.3 Å². The maximum Gasteiger partial charge on any atom is 0.417 e. The van der Waals surface area contributed by atoms with Gasteiger partial charge in [-0.3, -0.25) is 4.79 Å². The summed E-state index contributed by atoms with van der Waals surface area (Å²) in [5.74, 6) is -0.135. The van der Waals surface area contributed by atoms with Crippen molar-refractivity contribution in [2.45, 2.75) is 6.92 Å². The van der Waals surface area contributed by atoms with Gasteiger partial charge >= 0.3 is 6.47 Å². The van der Waals surface area contributed by atoms with Crippen molar-refractivity contribution in [3.63, 3.8) is 0 Å². The molecule has 0 aliphatic carbocycles. The van der Waals surface area contributed by atoms with Crippen LogP contribution in [0.2, 0.25) is 0 Å². The van der Waals surface area contributed by atoms with Gasteiger partial charge in [-0.05, 0) is 0 Å². The minimum Gasteiger partial charge on any atom is -0.455 e. The zero-order chi connectivity index (χ0) is 7.11. The Morgan fingerprint density at radius 3 is 2.89 bits per heavy atom. The second kappa shape index (κ2) is 5.08. The van der Waals surface area contributed by atoms with E-state index in [9.17, 15) is 9.59 Å². The first-order valence-corrected chi connectivity index (χ1v) is 2.50. The number of rotatable bonds is 4. The average Bonchev–Trinajstić information content (AvgIpc) is 1.80. The van der Waals surface area contributed by atoms with Crippen LogP contribution in [0, 0.1) is 0 Å². The molecule has 0 rings (SSSR count). The van der Waals surface area contributed by atoms with E-state index in [4.69, 9.17) is 0 Å². The summed E-state index contributed by atoms with van der Waals surface area (Å²) in [5, 5.41) is 2.44. The molecule has 51 valence electrons. The number of ether oxygens (including phenoxy) is 1. The van der Waals surface area contributed by atoms with E-state index in [0.29, 0.717) is 6.54 Å². The lowest BCUT2D eigenvalue weighted by Crippen LogP contribution is -2.24. The topological polar surface area (TPSA) is 55.4 Å². The van der Waals surface area contributed by atoms with Gasteiger partial charge in [0.25, 0.3) is 0 Å². The van der Waals surface area contributed by atoms with E-state index in [0.717, 1.165) is 0 Å². The SMILES string of the molecule is CC(=O)NCCO[C]=O. The molecule has 0 saturated heterocycles. The second-order valence-corrected chi connectivity index (χ2v) is 1.41. The van der Waals surface area contributed by atoms with Crippen molar-refractivity contribution in [3.05, 3.63) is 0 Å². The fourth-order valence-electron chi connectivity index (χ4n) is 0.320. The Morgan fingerprint density at radius 2 is 2.44 bits per heavy atom. The van der Waals surface area contributed by atoms with Crippen molar-refractivity contribution >= 4 is 12.4 Å². The summed E-state index contributed by atoms with van der Waals surface area (Å²) < 4.78 is 4.16. The van der Waals surface area contributed by atoms with Crippen molar-refractivity contribution in [1.82, 2.24) is 5.32 Å². The number of carbonyl (C=O) groups is 1. The largest absolute Gasteiger partial charge is 0.455 e. The number of nitrogens with one attached hydrogen (secondary N) is 1. The lowest BCUT2D eigenvalue weighted by molar-refractivity contribution is -0.119. The van der Waals surface area contributed by atoms with Gasteiger partial charge in [0.05, 0.1) is 6.54 Å². The molecule has 0 aliphatic rings. The summed E-state index contributed by atoms with van der Waals surface area (Å²) in [7, 11) is 0. The zero-order valence-electron chi connectivity index (χ0n) is 5.14. The fraction of sp³-hybridized carbons (Fsp3) is 0.600. The van der Waals surface area contributed by atoms with Crippen molar-refractivity contribution in [2.24, 2.45) is 0 Å². The Bertz CT molecular complexity index is 102. The molecular weight excluding hydrogens is 122 g/mol. The van der Waals surface area contributed by atoms with Gasteiger partial charge in [-0.25, -0.2) is 4.79 Å². The van der Waals surface area contributed by atoms with Crippen LogP contribution in [-0.4, -0.2) is 25.5 Å². The van der Waals surface area contributed by atoms with Crippen LogP contribution in [0.5, 0.6) is 0 Å². The van der Waals surface area contributed by atoms with Crippen molar-refractivity contribution in [2.75, 3.05) is 13.2 Å². The smallest absolute Gasteiger partial charge is 0.417 e. The van der Waals surface area contributed by atoms with Gasteiger partial charge in [-0.15, -0.1) is 0 Å². The first kappa shape index (κ1) is 7.94. The van der Waals surface area contributed by atoms with Crippen LogP contribution in [0.4, 0.5) is 0 Å². The summed E-state index contributed by atoms with van der Waals surface area (Å²) in [5.41, 5.74) is 0. The van der Waals surface area contributed by atoms with Gasteiger partial charge in [0.1, 0.15) is 6.61 Å². The minimum absolute atomic E-state index is 0.135. The maximum atomic E-state index is 10.1. The third-order valence-electron chi connectivity index (χ3n) is 0.637. The molecule has 1 amide bonds. The molecule has 0 atom stereocenters. The van der Waals surface area contributed by atoms with Crippen LogP contribution in [0.25, 0.3) is 0 Å². The normalized spacial score (nSPS) is 8.11. The molecule has 0 aromatic heterocycles. The molecule has 0 aliphatic heterocycles. The van der Waals surface area contributed by atoms with Gasteiger partial charge in [0.15, 0.2) is 0 Å². The Morgan fingerprint density at radius 1 is 1.78 bits per heavy atom. The van der Waals surface area contributed by atoms with Gasteiger partial charge in [0.2, 0.25) is 5.91 Å². The van der Waals surface area contributed by atoms with E-state index >= 15 is 0 Å². The number of hydrogen-bond acceptors (Lipinski definition) is 3. The minimum atomic E-state index is -0.135. The van der Waals surface area contributed by atoms with Crippen LogP contribution in [0.3, 0.4) is 0 Å². The van der Waals surface area contributed by atoms with Crippen LogP contribution >= 0.6 is 0 Å². The molecule has 1 radical (unpaired) electrons. The lowest BCUT2D eigenvalue weighted by atomic mass is 10.6. The van der Waals surface area contributed by atoms with Crippen LogP contribution in [-0.2, 0) is 14.3 Å². The van der Waals surface area contributed by atoms with E-state index in [1.54, 1.807) is 0 Å². The Balaban J connectivity index is 2.91. The summed E-state index contributed by atoms with van der Waals surface area (Å²) in [6, 6.07) is 0. The highest BCUT2D eigenvalue weighted by atomic mass is 16.5. The summed E-state index contributed by atoms with van der Waals surface area (Å²) in [6.45, 7) is 3.17. The molecule has 9 heavy (non-hydrogen) atoms. The van der Waals surface area contributed by atoms with Crippen molar-refractivity contribution in [3.8, 4) is 0 Å². The van der Waals surface area contributed by atoms with Gasteiger partial charge in [-0.1, -0.05) is 0 Å². The third-order valence-corrected chi connectivity index (χ3v) is 0.637. The molecule has 0 bridgehead atoms. The highest BCUT2D eigenvalue weighted by molar-refractivity contribution is 5.72. The van der Waals surface area contributed by atoms with E-state index < -0.39 is 0 Å². The predicted molar refractivity (Wildman–Crippen MR) is 30.3 cm³/mol. The Labute approximate surface area is 53.2 Å². The quantitative estimate of drug-likeness (QED) is 0.507. The molecule has 4 heteroatoms. The molecule has 0 unspecified atom stereocenters. The summed E-state index contributed by atoms with van der Waals surface area (Å²) >= 11 is 0. The first-order valence-electron chi connectivity index (χ1n) is 2.50. The molecule has 0 aromatic carbocycles. The van der Waals surface area contributed by atoms with E-state index in [1.807, 2.05) is 0 Å². The predicted octanol–water partition coefficient (Wildman–Crippen LogP) is -0.794. The molecular formula is C5H8NO3. The molecule has 0 spiro atoms. The highest BCUT2D eigenvalue weighted by Gasteiger charge is 1.88. The van der Waals surface area contributed by atoms with E-state index in [1.165, 1.54) is 13.4 Å². The average molecular weight is 130 g/mol. The zero-order valence-corrected chi connectivity index (χ0v) is 5.14. The summed E-state index contributed by atoms with van der Waals surface area (Å²) in [4.78, 5) is 19.5. The van der Waals surface area contributed by atoms with Gasteiger partial charge in [-0.2, -0.15) is 0 Å². The molecule has 0 saturated carbocycles. The van der Waals surface area contributed by atoms with E-state index in [2.05, 4.69) is 10.1 Å². The Kier molecular flexibility index (Phi) is 4.49. The second-order valence-electron chi connectivity index (χ2n) is 1.41. The van der Waals surface area contributed by atoms with E-state index in [-0.39, 0.29) is 12.5 Å². The van der Waals surface area contributed by atoms with Gasteiger partial charge < -0.3 is 10.1 Å². The molecule has 0 aromatic rings. The Hall–Kier alpha value is -1.06. The number of carbonyl (C=O) groups excluding carboxylic acids is 2. The first-order chi connectivity index (χ1) is 4.27. The molecule has 1 N–H and O–H groups in total. The highest BCUT2D eigenvalue weighted by Crippen LogP contribution is 1.64. The number of amides is 1. The molecule has 0 heterocycles. The van der Waals surface area contributed by atoms with Crippen LogP contribution in [0.1, 0.15) is 6.92 Å². The third kappa shape index (κ3) is 6.94. The molecule has 4 nitrogen and oxygen atoms in total. The summed E-state index contributed by atoms with van der Waals surface area (Å²) in [6.07, 6.45) is 0. The van der Waals surface area contributed by atoms with Crippen LogP contribution in [0.15, 0.2) is 0 Å². The van der Waals surface area contributed by atoms with Gasteiger partial charge in [0, 0.05) is 6.92 Å². The van der Waals surface area contributed by atoms with Crippen LogP contribution < -0.4 is 5.32 Å². The molecule has 0 fully saturated rings.